The lowest BCUT2D eigenvalue weighted by molar-refractivity contribution is 0.705. The molecule has 68 valence electrons. The summed E-state index contributed by atoms with van der Waals surface area (Å²) in [6, 6.07) is 0.522. The molecule has 0 spiro atoms. The molecule has 0 fully saturated rings. The van der Waals surface area contributed by atoms with Crippen molar-refractivity contribution in [3.8, 4) is 0 Å². The molecule has 4 heteroatoms. The molecule has 0 aliphatic rings. The molecule has 12 heavy (non-hydrogen) atoms. The molecule has 0 unspecified atom stereocenters. The van der Waals surface area contributed by atoms with Crippen molar-refractivity contribution in [2.24, 2.45) is 0 Å². The second-order valence-corrected chi connectivity index (χ2v) is 5.52. The van der Waals surface area contributed by atoms with Gasteiger partial charge in [-0.3, -0.25) is 0 Å². The predicted molar refractivity (Wildman–Crippen MR) is 59.8 cm³/mol. The van der Waals surface area contributed by atoms with Crippen LogP contribution >= 0.6 is 32.3 Å². The van der Waals surface area contributed by atoms with Gasteiger partial charge in [-0.25, -0.2) is 0 Å². The molecule has 1 aromatic rings. The number of rotatable bonds is 3. The molecule has 0 aliphatic carbocycles. The van der Waals surface area contributed by atoms with Gasteiger partial charge in [-0.15, -0.1) is 0 Å². The van der Waals surface area contributed by atoms with Crippen molar-refractivity contribution in [2.75, 3.05) is 11.4 Å². The van der Waals surface area contributed by atoms with Crippen LogP contribution in [0.5, 0.6) is 0 Å². The van der Waals surface area contributed by atoms with Crippen LogP contribution in [0.3, 0.4) is 0 Å². The van der Waals surface area contributed by atoms with Crippen LogP contribution in [0.25, 0.3) is 0 Å². The van der Waals surface area contributed by atoms with Gasteiger partial charge in [0.1, 0.15) is 5.69 Å². The smallest absolute Gasteiger partial charge is 0.295 e. The van der Waals surface area contributed by atoms with Crippen LogP contribution in [-0.4, -0.2) is 12.6 Å². The zero-order chi connectivity index (χ0) is 9.14. The standard InChI is InChI=1S/C8H13ClNS2/c1-4-10(6(2)3)7-5-11-12-8(7)9/h5-6H,4H2,1-3H3/q+1. The van der Waals surface area contributed by atoms with Gasteiger partial charge >= 0.3 is 0 Å². The number of halogens is 1. The van der Waals surface area contributed by atoms with E-state index < -0.39 is 0 Å². The summed E-state index contributed by atoms with van der Waals surface area (Å²) in [5, 5.41) is 2.12. The van der Waals surface area contributed by atoms with Gasteiger partial charge in [-0.2, -0.15) is 0 Å². The first-order chi connectivity index (χ1) is 5.66. The van der Waals surface area contributed by atoms with Crippen molar-refractivity contribution in [3.63, 3.8) is 0 Å². The summed E-state index contributed by atoms with van der Waals surface area (Å²) in [4.78, 5) is 2.30. The zero-order valence-corrected chi connectivity index (χ0v) is 9.89. The molecule has 0 aromatic carbocycles. The highest BCUT2D eigenvalue weighted by Gasteiger charge is 2.18. The fourth-order valence-corrected chi connectivity index (χ4v) is 3.49. The van der Waals surface area contributed by atoms with Crippen LogP contribution in [0.4, 0.5) is 5.69 Å². The molecule has 0 bridgehead atoms. The third kappa shape index (κ3) is 2.09. The van der Waals surface area contributed by atoms with E-state index in [1.165, 1.54) is 5.69 Å². The molecule has 0 radical (unpaired) electrons. The summed E-state index contributed by atoms with van der Waals surface area (Å²) in [6.45, 7) is 7.53. The Kier molecular flexibility index (Phi) is 3.75. The van der Waals surface area contributed by atoms with E-state index in [4.69, 9.17) is 11.6 Å². The van der Waals surface area contributed by atoms with Gasteiger partial charge in [0.2, 0.25) is 5.38 Å². The van der Waals surface area contributed by atoms with E-state index in [9.17, 15) is 0 Å². The summed E-state index contributed by atoms with van der Waals surface area (Å²) in [5.74, 6) is 0. The minimum atomic E-state index is 0.522. The first kappa shape index (κ1) is 10.2. The summed E-state index contributed by atoms with van der Waals surface area (Å²) in [7, 11) is 3.33. The topological polar surface area (TPSA) is 3.24 Å². The molecule has 0 N–H and O–H groups in total. The van der Waals surface area contributed by atoms with Gasteiger partial charge < -0.3 is 4.90 Å². The first-order valence-electron chi connectivity index (χ1n) is 3.99. The lowest BCUT2D eigenvalue weighted by Gasteiger charge is -2.24. The molecule has 1 aromatic heterocycles. The van der Waals surface area contributed by atoms with E-state index in [1.807, 2.05) is 0 Å². The van der Waals surface area contributed by atoms with Crippen LogP contribution in [0.2, 0.25) is 4.34 Å². The Hall–Kier alpha value is 0.140. The van der Waals surface area contributed by atoms with Crippen molar-refractivity contribution in [1.29, 1.82) is 0 Å². The highest BCUT2D eigenvalue weighted by atomic mass is 35.5. The van der Waals surface area contributed by atoms with Crippen molar-refractivity contribution in [2.45, 2.75) is 26.8 Å². The van der Waals surface area contributed by atoms with Gasteiger partial charge in [0.25, 0.3) is 10.3 Å². The fraction of sp³-hybridized carbons (Fsp3) is 0.625. The second-order valence-electron chi connectivity index (χ2n) is 2.84. The van der Waals surface area contributed by atoms with Crippen molar-refractivity contribution in [3.05, 3.63) is 9.72 Å². The SMILES string of the molecule is CCN(c1c[s+]sc1Cl)C(C)C. The zero-order valence-electron chi connectivity index (χ0n) is 7.50. The average Bonchev–Trinajstić information content (AvgIpc) is 2.38. The monoisotopic (exact) mass is 222 g/mol. The van der Waals surface area contributed by atoms with Crippen LogP contribution in [-0.2, 0) is 0 Å². The molecule has 0 saturated heterocycles. The predicted octanol–water partition coefficient (Wildman–Crippen LogP) is 3.98. The Morgan fingerprint density at radius 3 is 2.67 bits per heavy atom. The van der Waals surface area contributed by atoms with E-state index in [-0.39, 0.29) is 0 Å². The largest absolute Gasteiger partial charge is 0.363 e. The summed E-state index contributed by atoms with van der Waals surface area (Å²) in [6.07, 6.45) is 0. The van der Waals surface area contributed by atoms with Crippen LogP contribution < -0.4 is 4.90 Å². The molecule has 1 nitrogen and oxygen atoms in total. The van der Waals surface area contributed by atoms with Gasteiger partial charge in [0.05, 0.1) is 0 Å². The molecule has 0 aliphatic heterocycles. The van der Waals surface area contributed by atoms with Crippen LogP contribution in [0.1, 0.15) is 20.8 Å². The average molecular weight is 223 g/mol. The van der Waals surface area contributed by atoms with E-state index in [0.717, 1.165) is 10.9 Å². The van der Waals surface area contributed by atoms with E-state index in [0.29, 0.717) is 6.04 Å². The molecular weight excluding hydrogens is 210 g/mol. The first-order valence-corrected chi connectivity index (χ1v) is 6.58. The van der Waals surface area contributed by atoms with E-state index >= 15 is 0 Å². The van der Waals surface area contributed by atoms with Gasteiger partial charge in [0.15, 0.2) is 14.7 Å². The lowest BCUT2D eigenvalue weighted by atomic mass is 10.3. The van der Waals surface area contributed by atoms with Gasteiger partial charge in [-0.1, -0.05) is 11.6 Å². The Labute approximate surface area is 86.0 Å². The fourth-order valence-electron chi connectivity index (χ4n) is 1.20. The van der Waals surface area contributed by atoms with Crippen LogP contribution in [0, 0.1) is 0 Å². The minimum Gasteiger partial charge on any atom is -0.363 e. The summed E-state index contributed by atoms with van der Waals surface area (Å²) < 4.78 is 0.913. The molecular formula is C8H13ClNS2+. The maximum Gasteiger partial charge on any atom is 0.295 e. The third-order valence-corrected chi connectivity index (χ3v) is 4.30. The highest BCUT2D eigenvalue weighted by Crippen LogP contribution is 2.35. The normalized spacial score (nSPS) is 10.8. The van der Waals surface area contributed by atoms with E-state index in [2.05, 4.69) is 31.1 Å². The van der Waals surface area contributed by atoms with Gasteiger partial charge in [-0.05, 0) is 20.8 Å². The van der Waals surface area contributed by atoms with Crippen molar-refractivity contribution < 1.29 is 0 Å². The number of hydrogen-bond acceptors (Lipinski definition) is 2. The summed E-state index contributed by atoms with van der Waals surface area (Å²) >= 11 is 6.04. The molecule has 0 saturated carbocycles. The highest BCUT2D eigenvalue weighted by molar-refractivity contribution is 7.70. The van der Waals surface area contributed by atoms with Gasteiger partial charge in [0, 0.05) is 12.6 Å². The van der Waals surface area contributed by atoms with E-state index in [1.54, 1.807) is 20.7 Å². The second kappa shape index (κ2) is 4.40. The Morgan fingerprint density at radius 2 is 2.33 bits per heavy atom. The molecule has 0 atom stereocenters. The lowest BCUT2D eigenvalue weighted by Crippen LogP contribution is -2.29. The Bertz CT molecular complexity index is 247. The van der Waals surface area contributed by atoms with Crippen LogP contribution in [0.15, 0.2) is 5.38 Å². The quantitative estimate of drug-likeness (QED) is 0.553. The van der Waals surface area contributed by atoms with Crippen molar-refractivity contribution >= 4 is 38.0 Å². The number of hydrogen-bond donors (Lipinski definition) is 0. The molecule has 1 heterocycles. The summed E-state index contributed by atoms with van der Waals surface area (Å²) in [5.41, 5.74) is 1.18. The molecule has 0 amide bonds. The Balaban J connectivity index is 2.87. The third-order valence-electron chi connectivity index (χ3n) is 1.76. The maximum absolute atomic E-state index is 6.04. The minimum absolute atomic E-state index is 0.522. The Morgan fingerprint density at radius 1 is 1.67 bits per heavy atom. The number of anilines is 1. The maximum atomic E-state index is 6.04. The number of nitrogens with zero attached hydrogens (tertiary/aromatic N) is 1. The molecule has 1 rings (SSSR count). The van der Waals surface area contributed by atoms with Crippen molar-refractivity contribution in [1.82, 2.24) is 0 Å².